The van der Waals surface area contributed by atoms with Gasteiger partial charge in [-0.2, -0.15) is 0 Å². The number of thiocarbonyl (C=S) groups is 1. The Labute approximate surface area is 140 Å². The van der Waals surface area contributed by atoms with Crippen molar-refractivity contribution in [3.05, 3.63) is 27.7 Å². The summed E-state index contributed by atoms with van der Waals surface area (Å²) in [6.07, 6.45) is 6.12. The maximum Gasteiger partial charge on any atom is 0.127 e. The van der Waals surface area contributed by atoms with Crippen molar-refractivity contribution in [3.63, 3.8) is 0 Å². The van der Waals surface area contributed by atoms with Crippen molar-refractivity contribution >= 4 is 33.1 Å². The molecular weight excluding hydrogens is 348 g/mol. The second-order valence-corrected chi connectivity index (χ2v) is 7.40. The third kappa shape index (κ3) is 3.58. The van der Waals surface area contributed by atoms with Crippen LogP contribution in [0.3, 0.4) is 0 Å². The fourth-order valence-corrected chi connectivity index (χ4v) is 4.18. The smallest absolute Gasteiger partial charge is 0.127 e. The minimum Gasteiger partial charge on any atom is -0.493 e. The van der Waals surface area contributed by atoms with E-state index in [9.17, 15) is 0 Å². The molecule has 5 heteroatoms. The molecule has 0 unspecified atom stereocenters. The maximum atomic E-state index is 5.84. The van der Waals surface area contributed by atoms with Crippen LogP contribution in [-0.2, 0) is 13.0 Å². The number of nitrogens with zero attached hydrogens (tertiary/aromatic N) is 1. The molecule has 3 rings (SSSR count). The number of hydrogen-bond donors (Lipinski definition) is 1. The largest absolute Gasteiger partial charge is 0.493 e. The second kappa shape index (κ2) is 6.63. The van der Waals surface area contributed by atoms with Crippen LogP contribution in [0.5, 0.6) is 5.75 Å². The molecule has 21 heavy (non-hydrogen) atoms. The summed E-state index contributed by atoms with van der Waals surface area (Å²) in [6, 6.07) is 4.94. The Morgan fingerprint density at radius 1 is 1.38 bits per heavy atom. The summed E-state index contributed by atoms with van der Waals surface area (Å²) in [5.74, 6) is 1.07. The maximum absolute atomic E-state index is 5.84. The SMILES string of the molecule is NC(=S)CN(Cc1cc(Br)cc2c1OCC2)C1CCCC1. The lowest BCUT2D eigenvalue weighted by Gasteiger charge is -2.29. The molecule has 3 nitrogen and oxygen atoms in total. The number of fused-ring (bicyclic) bond motifs is 1. The summed E-state index contributed by atoms with van der Waals surface area (Å²) in [4.78, 5) is 3.01. The van der Waals surface area contributed by atoms with Gasteiger partial charge in [0.05, 0.1) is 11.6 Å². The number of benzene rings is 1. The van der Waals surface area contributed by atoms with Gasteiger partial charge in [0.1, 0.15) is 5.75 Å². The van der Waals surface area contributed by atoms with Crippen molar-refractivity contribution in [2.24, 2.45) is 5.73 Å². The first-order chi connectivity index (χ1) is 10.1. The van der Waals surface area contributed by atoms with Gasteiger partial charge < -0.3 is 10.5 Å². The van der Waals surface area contributed by atoms with Crippen molar-refractivity contribution in [3.8, 4) is 5.75 Å². The van der Waals surface area contributed by atoms with Crippen LogP contribution in [0, 0.1) is 0 Å². The highest BCUT2D eigenvalue weighted by Crippen LogP contribution is 2.35. The molecule has 2 aliphatic rings. The van der Waals surface area contributed by atoms with Gasteiger partial charge in [-0.1, -0.05) is 41.0 Å². The Morgan fingerprint density at radius 3 is 2.86 bits per heavy atom. The zero-order valence-corrected chi connectivity index (χ0v) is 14.5. The summed E-state index contributed by atoms with van der Waals surface area (Å²) in [6.45, 7) is 2.35. The van der Waals surface area contributed by atoms with Gasteiger partial charge in [-0.3, -0.25) is 4.90 Å². The van der Waals surface area contributed by atoms with Gasteiger partial charge in [0.2, 0.25) is 0 Å². The van der Waals surface area contributed by atoms with Gasteiger partial charge in [0.15, 0.2) is 0 Å². The van der Waals surface area contributed by atoms with Gasteiger partial charge in [-0.05, 0) is 30.5 Å². The van der Waals surface area contributed by atoms with Crippen LogP contribution in [0.2, 0.25) is 0 Å². The predicted octanol–water partition coefficient (Wildman–Crippen LogP) is 3.41. The molecule has 0 atom stereocenters. The number of rotatable bonds is 5. The second-order valence-electron chi connectivity index (χ2n) is 5.96. The Hall–Kier alpha value is -0.650. The molecule has 2 N–H and O–H groups in total. The zero-order valence-electron chi connectivity index (χ0n) is 12.1. The summed E-state index contributed by atoms with van der Waals surface area (Å²) in [5.41, 5.74) is 8.36. The van der Waals surface area contributed by atoms with E-state index in [4.69, 9.17) is 22.7 Å². The highest BCUT2D eigenvalue weighted by Gasteiger charge is 2.25. The van der Waals surface area contributed by atoms with Crippen molar-refractivity contribution in [2.45, 2.75) is 44.7 Å². The fraction of sp³-hybridized carbons (Fsp3) is 0.562. The van der Waals surface area contributed by atoms with E-state index in [1.54, 1.807) is 0 Å². The number of halogens is 1. The standard InChI is InChI=1S/C16H21BrN2OS/c17-13-7-11-5-6-20-16(11)12(8-13)9-19(10-15(18)21)14-3-1-2-4-14/h7-8,14H,1-6,9-10H2,(H2,18,21). The van der Waals surface area contributed by atoms with Gasteiger partial charge in [-0.15, -0.1) is 0 Å². The number of nitrogens with two attached hydrogens (primary N) is 1. The average molecular weight is 369 g/mol. The third-order valence-corrected chi connectivity index (χ3v) is 4.99. The van der Waals surface area contributed by atoms with Crippen molar-refractivity contribution in [1.29, 1.82) is 0 Å². The monoisotopic (exact) mass is 368 g/mol. The first-order valence-electron chi connectivity index (χ1n) is 7.60. The Morgan fingerprint density at radius 2 is 2.14 bits per heavy atom. The van der Waals surface area contributed by atoms with Gasteiger partial charge in [-0.25, -0.2) is 0 Å². The average Bonchev–Trinajstić information content (AvgIpc) is 3.07. The fourth-order valence-electron chi connectivity index (χ4n) is 3.47. The van der Waals surface area contributed by atoms with Gasteiger partial charge >= 0.3 is 0 Å². The Bertz CT molecular complexity index is 543. The number of hydrogen-bond acceptors (Lipinski definition) is 3. The molecule has 1 aromatic carbocycles. The van der Waals surface area contributed by atoms with E-state index in [1.165, 1.54) is 36.8 Å². The van der Waals surface area contributed by atoms with Gasteiger partial charge in [0, 0.05) is 35.6 Å². The highest BCUT2D eigenvalue weighted by atomic mass is 79.9. The molecule has 0 spiro atoms. The molecule has 1 aliphatic carbocycles. The number of ether oxygens (including phenoxy) is 1. The van der Waals surface area contributed by atoms with E-state index in [1.807, 2.05) is 0 Å². The minimum absolute atomic E-state index is 0.578. The molecule has 1 aromatic rings. The van der Waals surface area contributed by atoms with Crippen LogP contribution >= 0.6 is 28.1 Å². The summed E-state index contributed by atoms with van der Waals surface area (Å²) < 4.78 is 6.97. The molecule has 0 amide bonds. The first-order valence-corrected chi connectivity index (χ1v) is 8.80. The van der Waals surface area contributed by atoms with E-state index >= 15 is 0 Å². The van der Waals surface area contributed by atoms with Crippen LogP contribution in [0.15, 0.2) is 16.6 Å². The molecule has 0 radical (unpaired) electrons. The molecule has 1 fully saturated rings. The molecule has 0 aromatic heterocycles. The molecule has 1 saturated carbocycles. The highest BCUT2D eigenvalue weighted by molar-refractivity contribution is 9.10. The lowest BCUT2D eigenvalue weighted by atomic mass is 10.1. The zero-order chi connectivity index (χ0) is 14.8. The Balaban J connectivity index is 1.83. The Kier molecular flexibility index (Phi) is 4.82. The van der Waals surface area contributed by atoms with E-state index in [2.05, 4.69) is 33.0 Å². The first kappa shape index (κ1) is 15.3. The van der Waals surface area contributed by atoms with Crippen molar-refractivity contribution in [1.82, 2.24) is 4.90 Å². The summed E-state index contributed by atoms with van der Waals surface area (Å²) in [7, 11) is 0. The lowest BCUT2D eigenvalue weighted by Crippen LogP contribution is -2.38. The third-order valence-electron chi connectivity index (χ3n) is 4.40. The lowest BCUT2D eigenvalue weighted by molar-refractivity contribution is 0.215. The van der Waals surface area contributed by atoms with Crippen molar-refractivity contribution in [2.75, 3.05) is 13.2 Å². The van der Waals surface area contributed by atoms with Crippen LogP contribution < -0.4 is 10.5 Å². The van der Waals surface area contributed by atoms with Crippen LogP contribution in [0.4, 0.5) is 0 Å². The van der Waals surface area contributed by atoms with E-state index in [-0.39, 0.29) is 0 Å². The molecule has 0 bridgehead atoms. The summed E-state index contributed by atoms with van der Waals surface area (Å²) >= 11 is 8.76. The molecule has 0 saturated heterocycles. The molecule has 1 aliphatic heterocycles. The molecule has 1 heterocycles. The molecular formula is C16H21BrN2OS. The van der Waals surface area contributed by atoms with Gasteiger partial charge in [0.25, 0.3) is 0 Å². The normalized spacial score (nSPS) is 18.0. The van der Waals surface area contributed by atoms with Crippen LogP contribution in [0.25, 0.3) is 0 Å². The molecule has 114 valence electrons. The van der Waals surface area contributed by atoms with E-state index in [0.717, 1.165) is 29.8 Å². The van der Waals surface area contributed by atoms with Crippen LogP contribution in [-0.4, -0.2) is 29.1 Å². The summed E-state index contributed by atoms with van der Waals surface area (Å²) in [5, 5.41) is 0. The van der Waals surface area contributed by atoms with E-state index in [0.29, 0.717) is 17.6 Å². The van der Waals surface area contributed by atoms with Crippen molar-refractivity contribution < 1.29 is 4.74 Å². The van der Waals surface area contributed by atoms with Crippen LogP contribution in [0.1, 0.15) is 36.8 Å². The topological polar surface area (TPSA) is 38.5 Å². The minimum atomic E-state index is 0.578. The predicted molar refractivity (Wildman–Crippen MR) is 92.8 cm³/mol. The van der Waals surface area contributed by atoms with E-state index < -0.39 is 0 Å². The quantitative estimate of drug-likeness (QED) is 0.808.